The predicted octanol–water partition coefficient (Wildman–Crippen LogP) is 2.91. The number of aryl methyl sites for hydroxylation is 2. The average Bonchev–Trinajstić information content (AvgIpc) is 3.39. The lowest BCUT2D eigenvalue weighted by Crippen LogP contribution is -2.29. The monoisotopic (exact) mass is 464 g/mol. The van der Waals surface area contributed by atoms with E-state index in [2.05, 4.69) is 10.4 Å². The van der Waals surface area contributed by atoms with Crippen molar-refractivity contribution in [1.29, 1.82) is 0 Å². The van der Waals surface area contributed by atoms with E-state index in [1.54, 1.807) is 9.58 Å². The topological polar surface area (TPSA) is 101 Å². The quantitative estimate of drug-likeness (QED) is 0.640. The van der Waals surface area contributed by atoms with Crippen molar-refractivity contribution in [1.82, 2.24) is 9.78 Å². The summed E-state index contributed by atoms with van der Waals surface area (Å²) in [6.07, 6.45) is 0.0961. The smallest absolute Gasteiger partial charge is 0.230 e. The molecule has 0 bridgehead atoms. The molecule has 3 aromatic rings. The van der Waals surface area contributed by atoms with Crippen molar-refractivity contribution in [2.45, 2.75) is 31.8 Å². The van der Waals surface area contributed by atoms with Gasteiger partial charge in [-0.15, -0.1) is 0 Å². The van der Waals surface area contributed by atoms with Gasteiger partial charge in [-0.25, -0.2) is 13.1 Å². The maximum absolute atomic E-state index is 13.2. The standard InChI is InChI=1S/C24H24N4O4S/c1-15-8-9-21(16(2)10-15)28-23(19-13-33(31,32)14-20(19)26-28)25-24(30)17-11-22(29)27(12-17)18-6-4-3-5-7-18/h3-10,17H,11-14H2,1-2H3,(H,25,30). The van der Waals surface area contributed by atoms with Crippen LogP contribution in [0.5, 0.6) is 0 Å². The minimum absolute atomic E-state index is 0.0961. The van der Waals surface area contributed by atoms with Crippen LogP contribution in [0.15, 0.2) is 48.5 Å². The molecule has 2 aliphatic heterocycles. The largest absolute Gasteiger partial charge is 0.312 e. The zero-order valence-electron chi connectivity index (χ0n) is 18.4. The third kappa shape index (κ3) is 3.93. The summed E-state index contributed by atoms with van der Waals surface area (Å²) in [5.41, 5.74) is 4.56. The number of hydrogen-bond acceptors (Lipinski definition) is 5. The maximum atomic E-state index is 13.2. The molecule has 2 amide bonds. The van der Waals surface area contributed by atoms with Gasteiger partial charge < -0.3 is 10.2 Å². The Bertz CT molecular complexity index is 1380. The highest BCUT2D eigenvalue weighted by molar-refractivity contribution is 7.90. The van der Waals surface area contributed by atoms with E-state index < -0.39 is 15.8 Å². The van der Waals surface area contributed by atoms with Gasteiger partial charge in [0.25, 0.3) is 0 Å². The summed E-state index contributed by atoms with van der Waals surface area (Å²) < 4.78 is 26.1. The Morgan fingerprint density at radius 2 is 1.85 bits per heavy atom. The first kappa shape index (κ1) is 21.4. The molecule has 2 aliphatic rings. The molecular weight excluding hydrogens is 440 g/mol. The fourth-order valence-corrected chi connectivity index (χ4v) is 6.04. The lowest BCUT2D eigenvalue weighted by molar-refractivity contribution is -0.122. The number of anilines is 2. The van der Waals surface area contributed by atoms with E-state index in [1.165, 1.54) is 0 Å². The van der Waals surface area contributed by atoms with Gasteiger partial charge in [-0.2, -0.15) is 5.10 Å². The van der Waals surface area contributed by atoms with E-state index in [-0.39, 0.29) is 36.3 Å². The van der Waals surface area contributed by atoms with Gasteiger partial charge in [0.05, 0.1) is 28.8 Å². The van der Waals surface area contributed by atoms with Crippen LogP contribution in [0.25, 0.3) is 5.69 Å². The molecule has 5 rings (SSSR count). The fraction of sp³-hybridized carbons (Fsp3) is 0.292. The molecule has 1 N–H and O–H groups in total. The molecule has 0 radical (unpaired) electrons. The number of amides is 2. The van der Waals surface area contributed by atoms with Crippen LogP contribution in [-0.4, -0.2) is 36.6 Å². The number of nitrogens with one attached hydrogen (secondary N) is 1. The second kappa shape index (κ2) is 7.84. The number of carbonyl (C=O) groups excluding carboxylic acids is 2. The molecule has 170 valence electrons. The molecule has 1 saturated heterocycles. The van der Waals surface area contributed by atoms with E-state index in [0.717, 1.165) is 22.5 Å². The van der Waals surface area contributed by atoms with Gasteiger partial charge in [0, 0.05) is 24.2 Å². The first-order valence-electron chi connectivity index (χ1n) is 10.8. The molecule has 1 aromatic heterocycles. The number of carbonyl (C=O) groups is 2. The molecule has 0 aliphatic carbocycles. The highest BCUT2D eigenvalue weighted by Crippen LogP contribution is 2.35. The lowest BCUT2D eigenvalue weighted by atomic mass is 10.1. The summed E-state index contributed by atoms with van der Waals surface area (Å²) in [6, 6.07) is 15.1. The van der Waals surface area contributed by atoms with Crippen LogP contribution >= 0.6 is 0 Å². The van der Waals surface area contributed by atoms with Crippen LogP contribution < -0.4 is 10.2 Å². The van der Waals surface area contributed by atoms with Gasteiger partial charge in [-0.1, -0.05) is 35.9 Å². The summed E-state index contributed by atoms with van der Waals surface area (Å²) in [6.45, 7) is 4.21. The van der Waals surface area contributed by atoms with E-state index >= 15 is 0 Å². The van der Waals surface area contributed by atoms with Crippen LogP contribution in [-0.2, 0) is 30.9 Å². The van der Waals surface area contributed by atoms with Crippen molar-refractivity contribution < 1.29 is 18.0 Å². The highest BCUT2D eigenvalue weighted by atomic mass is 32.2. The van der Waals surface area contributed by atoms with Crippen molar-refractivity contribution in [2.75, 3.05) is 16.8 Å². The van der Waals surface area contributed by atoms with E-state index in [4.69, 9.17) is 0 Å². The van der Waals surface area contributed by atoms with E-state index in [1.807, 2.05) is 62.4 Å². The zero-order chi connectivity index (χ0) is 23.3. The number of fused-ring (bicyclic) bond motifs is 1. The molecule has 0 saturated carbocycles. The van der Waals surface area contributed by atoms with Gasteiger partial charge in [-0.3, -0.25) is 9.59 Å². The van der Waals surface area contributed by atoms with Crippen molar-refractivity contribution in [2.24, 2.45) is 5.92 Å². The molecule has 3 heterocycles. The molecule has 0 spiro atoms. The molecular formula is C24H24N4O4S. The van der Waals surface area contributed by atoms with Crippen LogP contribution in [0, 0.1) is 19.8 Å². The second-order valence-corrected chi connectivity index (χ2v) is 10.8. The van der Waals surface area contributed by atoms with Crippen molar-refractivity contribution in [3.05, 3.63) is 70.9 Å². The SMILES string of the molecule is Cc1ccc(-n2nc3c(c2NC(=O)C2CC(=O)N(c4ccccc4)C2)CS(=O)(=O)C3)c(C)c1. The minimum Gasteiger partial charge on any atom is -0.312 e. The number of nitrogens with zero attached hydrogens (tertiary/aromatic N) is 3. The van der Waals surface area contributed by atoms with Gasteiger partial charge >= 0.3 is 0 Å². The van der Waals surface area contributed by atoms with Crippen molar-refractivity contribution in [3.63, 3.8) is 0 Å². The molecule has 8 nitrogen and oxygen atoms in total. The molecule has 1 fully saturated rings. The predicted molar refractivity (Wildman–Crippen MR) is 125 cm³/mol. The Morgan fingerprint density at radius 3 is 2.58 bits per heavy atom. The summed E-state index contributed by atoms with van der Waals surface area (Å²) in [5.74, 6) is -0.922. The Balaban J connectivity index is 1.47. The normalized spacial score (nSPS) is 19.0. The van der Waals surface area contributed by atoms with Crippen molar-refractivity contribution >= 4 is 33.2 Å². The molecule has 1 atom stereocenters. The van der Waals surface area contributed by atoms with Crippen LogP contribution in [0.3, 0.4) is 0 Å². The van der Waals surface area contributed by atoms with Crippen molar-refractivity contribution in [3.8, 4) is 5.69 Å². The summed E-state index contributed by atoms with van der Waals surface area (Å²) >= 11 is 0. The number of sulfone groups is 1. The van der Waals surface area contributed by atoms with Crippen LogP contribution in [0.2, 0.25) is 0 Å². The van der Waals surface area contributed by atoms with E-state index in [9.17, 15) is 18.0 Å². The Labute approximate surface area is 192 Å². The summed E-state index contributed by atoms with van der Waals surface area (Å²) in [5, 5.41) is 7.47. The van der Waals surface area contributed by atoms with Gasteiger partial charge in [0.2, 0.25) is 11.8 Å². The van der Waals surface area contributed by atoms with Crippen LogP contribution in [0.4, 0.5) is 11.5 Å². The number of hydrogen-bond donors (Lipinski definition) is 1. The molecule has 33 heavy (non-hydrogen) atoms. The highest BCUT2D eigenvalue weighted by Gasteiger charge is 2.38. The first-order valence-corrected chi connectivity index (χ1v) is 12.6. The van der Waals surface area contributed by atoms with Gasteiger partial charge in [0.15, 0.2) is 9.84 Å². The molecule has 9 heteroatoms. The Morgan fingerprint density at radius 1 is 1.09 bits per heavy atom. The Kier molecular flexibility index (Phi) is 5.08. The second-order valence-electron chi connectivity index (χ2n) is 8.74. The maximum Gasteiger partial charge on any atom is 0.230 e. The van der Waals surface area contributed by atoms with Gasteiger partial charge in [-0.05, 0) is 37.6 Å². The van der Waals surface area contributed by atoms with E-state index in [0.29, 0.717) is 17.1 Å². The lowest BCUT2D eigenvalue weighted by Gasteiger charge is -2.17. The number of aromatic nitrogens is 2. The molecule has 1 unspecified atom stereocenters. The minimum atomic E-state index is -3.30. The van der Waals surface area contributed by atoms with Gasteiger partial charge in [0.1, 0.15) is 5.82 Å². The zero-order valence-corrected chi connectivity index (χ0v) is 19.2. The third-order valence-corrected chi connectivity index (χ3v) is 7.62. The number of para-hydroxylation sites is 1. The summed E-state index contributed by atoms with van der Waals surface area (Å²) in [7, 11) is -3.30. The summed E-state index contributed by atoms with van der Waals surface area (Å²) in [4.78, 5) is 27.4. The van der Waals surface area contributed by atoms with Crippen LogP contribution in [0.1, 0.15) is 28.8 Å². The number of benzene rings is 2. The number of rotatable bonds is 4. The third-order valence-electron chi connectivity index (χ3n) is 6.17. The average molecular weight is 465 g/mol. The molecule has 2 aromatic carbocycles. The first-order chi connectivity index (χ1) is 15.7. The fourth-order valence-electron chi connectivity index (χ4n) is 4.55. The Hall–Kier alpha value is -3.46.